The van der Waals surface area contributed by atoms with Gasteiger partial charge in [0.1, 0.15) is 18.3 Å². The predicted octanol–water partition coefficient (Wildman–Crippen LogP) is 6.06. The fourth-order valence-corrected chi connectivity index (χ4v) is 9.78. The van der Waals surface area contributed by atoms with E-state index in [1.807, 2.05) is 20.1 Å². The summed E-state index contributed by atoms with van der Waals surface area (Å²) in [5.41, 5.74) is 1.61. The Bertz CT molecular complexity index is 1410. The summed E-state index contributed by atoms with van der Waals surface area (Å²) in [6, 6.07) is 15.2. The van der Waals surface area contributed by atoms with Gasteiger partial charge < -0.3 is 19.3 Å². The normalized spacial score (nSPS) is 37.9. The molecule has 1 saturated heterocycles. The van der Waals surface area contributed by atoms with E-state index in [0.717, 1.165) is 48.8 Å². The average Bonchev–Trinajstić information content (AvgIpc) is 3.70. The average molecular weight is 556 g/mol. The summed E-state index contributed by atoms with van der Waals surface area (Å²) in [5.74, 6) is 2.48. The highest BCUT2D eigenvalue weighted by atomic mass is 16.6. The minimum absolute atomic E-state index is 0.101. The standard InChI is InChI=1S/C36H45NO4/c1-32(2,3)33(4,38)27-20-34-15-16-36(27,39-5)31-35(34)17-18-37(21-23-11-12-23)28(34)19-25-13-14-26(30(41-31)29(25)35)40-22-24-9-7-6-8-10-24/h6-10,13-16,23,27-28,31,38H,11-12,17-22H2,1-5H3/t27-,28-,31-,33+,34-,35?,36-/m1/s1. The molecule has 2 saturated carbocycles. The molecule has 1 unspecified atom stereocenters. The van der Waals surface area contributed by atoms with Gasteiger partial charge in [-0.15, -0.1) is 0 Å². The van der Waals surface area contributed by atoms with E-state index in [-0.39, 0.29) is 28.3 Å². The van der Waals surface area contributed by atoms with E-state index >= 15 is 0 Å². The number of methoxy groups -OCH3 is 1. The summed E-state index contributed by atoms with van der Waals surface area (Å²) in [7, 11) is 1.83. The van der Waals surface area contributed by atoms with Gasteiger partial charge >= 0.3 is 0 Å². The second kappa shape index (κ2) is 8.39. The highest BCUT2D eigenvalue weighted by Gasteiger charge is 2.81. The summed E-state index contributed by atoms with van der Waals surface area (Å²) in [4.78, 5) is 2.82. The van der Waals surface area contributed by atoms with Gasteiger partial charge in [-0.3, -0.25) is 4.90 Å². The van der Waals surface area contributed by atoms with Crippen molar-refractivity contribution >= 4 is 0 Å². The van der Waals surface area contributed by atoms with E-state index in [4.69, 9.17) is 14.2 Å². The number of hydrogen-bond acceptors (Lipinski definition) is 5. The van der Waals surface area contributed by atoms with Crippen LogP contribution in [-0.4, -0.2) is 53.6 Å². The maximum absolute atomic E-state index is 12.4. The molecule has 2 aromatic carbocycles. The lowest BCUT2D eigenvalue weighted by Crippen LogP contribution is -2.81. The molecule has 4 bridgehead atoms. The van der Waals surface area contributed by atoms with Crippen molar-refractivity contribution in [3.63, 3.8) is 0 Å². The molecule has 1 N–H and O–H groups in total. The van der Waals surface area contributed by atoms with Crippen LogP contribution in [0.25, 0.3) is 0 Å². The SMILES string of the molecule is CO[C@]12C=C[C@@]3(C[C@@H]1[C@](C)(O)C(C)(C)C)[C@H]1Cc4ccc(OCc5ccccc5)c5c4C3(CCN1CC1CC1)[C@H]2O5. The second-order valence-electron chi connectivity index (χ2n) is 15.2. The number of rotatable bonds is 7. The first kappa shape index (κ1) is 26.3. The second-order valence-corrected chi connectivity index (χ2v) is 15.2. The third-order valence-corrected chi connectivity index (χ3v) is 12.5. The number of piperidine rings is 1. The first-order chi connectivity index (χ1) is 19.6. The van der Waals surface area contributed by atoms with E-state index in [9.17, 15) is 5.11 Å². The van der Waals surface area contributed by atoms with Crippen molar-refractivity contribution < 1.29 is 19.3 Å². The van der Waals surface area contributed by atoms with Gasteiger partial charge in [0.2, 0.25) is 0 Å². The highest BCUT2D eigenvalue weighted by Crippen LogP contribution is 2.76. The fourth-order valence-electron chi connectivity index (χ4n) is 9.78. The van der Waals surface area contributed by atoms with Crippen LogP contribution in [0.1, 0.15) is 70.1 Å². The lowest BCUT2D eigenvalue weighted by molar-refractivity contribution is -0.263. The molecule has 0 aromatic heterocycles. The van der Waals surface area contributed by atoms with E-state index in [0.29, 0.717) is 12.6 Å². The largest absolute Gasteiger partial charge is 0.485 e. The van der Waals surface area contributed by atoms with E-state index in [1.165, 1.54) is 30.5 Å². The van der Waals surface area contributed by atoms with Gasteiger partial charge in [-0.05, 0) is 74.1 Å². The van der Waals surface area contributed by atoms with E-state index in [2.05, 4.69) is 74.2 Å². The Morgan fingerprint density at radius 1 is 1.05 bits per heavy atom. The molecule has 3 fully saturated rings. The zero-order valence-electron chi connectivity index (χ0n) is 25.3. The van der Waals surface area contributed by atoms with Gasteiger partial charge in [0, 0.05) is 36.6 Å². The van der Waals surface area contributed by atoms with Gasteiger partial charge in [0.15, 0.2) is 11.5 Å². The van der Waals surface area contributed by atoms with Crippen LogP contribution in [0.2, 0.25) is 0 Å². The minimum atomic E-state index is -0.955. The molecule has 218 valence electrons. The maximum Gasteiger partial charge on any atom is 0.166 e. The van der Waals surface area contributed by atoms with Crippen LogP contribution < -0.4 is 9.47 Å². The third-order valence-electron chi connectivity index (χ3n) is 12.5. The summed E-state index contributed by atoms with van der Waals surface area (Å²) < 4.78 is 20.4. The molecule has 5 aliphatic carbocycles. The number of aliphatic hydroxyl groups is 1. The molecule has 2 aromatic rings. The summed E-state index contributed by atoms with van der Waals surface area (Å²) in [5, 5.41) is 12.4. The van der Waals surface area contributed by atoms with Gasteiger partial charge in [-0.25, -0.2) is 0 Å². The zero-order valence-corrected chi connectivity index (χ0v) is 25.3. The smallest absolute Gasteiger partial charge is 0.166 e. The van der Waals surface area contributed by atoms with Gasteiger partial charge in [-0.1, -0.05) is 69.3 Å². The Kier molecular flexibility index (Phi) is 5.38. The van der Waals surface area contributed by atoms with Crippen molar-refractivity contribution in [3.05, 3.63) is 71.3 Å². The Morgan fingerprint density at radius 2 is 1.83 bits per heavy atom. The number of likely N-dealkylation sites (tertiary alicyclic amines) is 1. The molecule has 2 aliphatic heterocycles. The van der Waals surface area contributed by atoms with E-state index in [1.54, 1.807) is 0 Å². The number of benzene rings is 2. The highest BCUT2D eigenvalue weighted by molar-refractivity contribution is 5.65. The quantitative estimate of drug-likeness (QED) is 0.421. The molecule has 5 nitrogen and oxygen atoms in total. The van der Waals surface area contributed by atoms with Crippen molar-refractivity contribution in [1.82, 2.24) is 4.90 Å². The fraction of sp³-hybridized carbons (Fsp3) is 0.611. The molecule has 0 radical (unpaired) electrons. The Balaban J connectivity index is 1.30. The first-order valence-electron chi connectivity index (χ1n) is 15.8. The Labute approximate surface area is 244 Å². The predicted molar refractivity (Wildman–Crippen MR) is 159 cm³/mol. The van der Waals surface area contributed by atoms with Crippen LogP contribution in [-0.2, 0) is 23.2 Å². The topological polar surface area (TPSA) is 51.2 Å². The number of ether oxygens (including phenoxy) is 3. The number of hydrogen-bond donors (Lipinski definition) is 1. The van der Waals surface area contributed by atoms with Crippen LogP contribution in [0.4, 0.5) is 0 Å². The number of fused-ring (bicyclic) bond motifs is 1. The number of nitrogens with zero attached hydrogens (tertiary/aromatic N) is 1. The lowest BCUT2D eigenvalue weighted by atomic mass is 9.35. The summed E-state index contributed by atoms with van der Waals surface area (Å²) in [6.07, 6.45) is 10.3. The van der Waals surface area contributed by atoms with Crippen molar-refractivity contribution in [1.29, 1.82) is 0 Å². The van der Waals surface area contributed by atoms with E-state index < -0.39 is 11.2 Å². The van der Waals surface area contributed by atoms with Crippen LogP contribution >= 0.6 is 0 Å². The molecule has 7 aliphatic rings. The van der Waals surface area contributed by atoms with Crippen molar-refractivity contribution in [2.24, 2.45) is 22.7 Å². The summed E-state index contributed by atoms with van der Waals surface area (Å²) in [6.45, 7) is 11.3. The zero-order chi connectivity index (χ0) is 28.4. The lowest BCUT2D eigenvalue weighted by Gasteiger charge is -2.73. The van der Waals surface area contributed by atoms with Crippen LogP contribution in [0, 0.1) is 22.7 Å². The maximum atomic E-state index is 12.4. The monoisotopic (exact) mass is 555 g/mol. The molecular formula is C36H45NO4. The van der Waals surface area contributed by atoms with Gasteiger partial charge in [-0.2, -0.15) is 0 Å². The molecule has 7 atom stereocenters. The van der Waals surface area contributed by atoms with Gasteiger partial charge in [0.05, 0.1) is 11.0 Å². The molecule has 2 heterocycles. The molecule has 9 rings (SSSR count). The van der Waals surface area contributed by atoms with Crippen LogP contribution in [0.3, 0.4) is 0 Å². The molecule has 41 heavy (non-hydrogen) atoms. The molecule has 0 amide bonds. The van der Waals surface area contributed by atoms with Crippen molar-refractivity contribution in [2.75, 3.05) is 20.2 Å². The summed E-state index contributed by atoms with van der Waals surface area (Å²) >= 11 is 0. The first-order valence-corrected chi connectivity index (χ1v) is 15.8. The van der Waals surface area contributed by atoms with Crippen LogP contribution in [0.15, 0.2) is 54.6 Å². The van der Waals surface area contributed by atoms with Crippen LogP contribution in [0.5, 0.6) is 11.5 Å². The Morgan fingerprint density at radius 3 is 2.54 bits per heavy atom. The van der Waals surface area contributed by atoms with Gasteiger partial charge in [0.25, 0.3) is 0 Å². The third kappa shape index (κ3) is 3.24. The van der Waals surface area contributed by atoms with Crippen molar-refractivity contribution in [3.8, 4) is 11.5 Å². The van der Waals surface area contributed by atoms with Crippen molar-refractivity contribution in [2.45, 2.75) is 95.2 Å². The molecular weight excluding hydrogens is 510 g/mol. The molecule has 5 heteroatoms. The molecule has 2 spiro atoms. The Hall–Kier alpha value is -2.34. The minimum Gasteiger partial charge on any atom is -0.485 e.